The van der Waals surface area contributed by atoms with Crippen molar-refractivity contribution >= 4 is 17.8 Å². The average molecular weight is 476 g/mol. The number of hydrogen-bond donors (Lipinski definition) is 1. The quantitative estimate of drug-likeness (QED) is 0.280. The fourth-order valence-electron chi connectivity index (χ4n) is 3.06. The number of aryl methyl sites for hydroxylation is 1. The second kappa shape index (κ2) is 11.3. The maximum atomic E-state index is 12.6. The average Bonchev–Trinajstić information content (AvgIpc) is 2.83. The van der Waals surface area contributed by atoms with Gasteiger partial charge in [0.1, 0.15) is 30.1 Å². The van der Waals surface area contributed by atoms with Gasteiger partial charge in [-0.2, -0.15) is 10.4 Å². The van der Waals surface area contributed by atoms with Crippen molar-refractivity contribution in [1.82, 2.24) is 15.0 Å². The minimum Gasteiger partial charge on any atom is -0.439 e. The zero-order valence-corrected chi connectivity index (χ0v) is 18.8. The molecule has 0 saturated carbocycles. The number of carbonyl (C=O) groups excluding carboxylic acids is 1. The molecule has 3 aromatic rings. The molecule has 12 heteroatoms. The van der Waals surface area contributed by atoms with Crippen LogP contribution >= 0.6 is 0 Å². The molecule has 0 fully saturated rings. The molecule has 2 heterocycles. The van der Waals surface area contributed by atoms with Crippen LogP contribution in [0.3, 0.4) is 0 Å². The van der Waals surface area contributed by atoms with E-state index in [2.05, 4.69) is 15.5 Å². The van der Waals surface area contributed by atoms with E-state index in [1.807, 2.05) is 6.07 Å². The SMILES string of the molecule is COCc1cc(C)n(CC(=O)N/N=C/c2ccc(Oc3ccc([N+](=O)[O-])cn3)cc2)c(=O)c1C#N. The zero-order chi connectivity index (χ0) is 25.4. The number of ether oxygens (including phenoxy) is 2. The summed E-state index contributed by atoms with van der Waals surface area (Å²) in [5.74, 6) is 0.108. The molecule has 0 radical (unpaired) electrons. The molecule has 3 rings (SSSR count). The number of rotatable bonds is 9. The van der Waals surface area contributed by atoms with Gasteiger partial charge in [-0.15, -0.1) is 0 Å². The molecular formula is C23H20N6O6. The topological polar surface area (TPSA) is 162 Å². The lowest BCUT2D eigenvalue weighted by Gasteiger charge is -2.12. The van der Waals surface area contributed by atoms with Crippen molar-refractivity contribution in [3.63, 3.8) is 0 Å². The number of hydrogen-bond acceptors (Lipinski definition) is 9. The third-order valence-electron chi connectivity index (χ3n) is 4.74. The van der Waals surface area contributed by atoms with Crippen LogP contribution < -0.4 is 15.7 Å². The van der Waals surface area contributed by atoms with E-state index in [4.69, 9.17) is 9.47 Å². The summed E-state index contributed by atoms with van der Waals surface area (Å²) >= 11 is 0. The van der Waals surface area contributed by atoms with Gasteiger partial charge in [-0.1, -0.05) is 0 Å². The predicted octanol–water partition coefficient (Wildman–Crippen LogP) is 2.42. The van der Waals surface area contributed by atoms with Crippen molar-refractivity contribution in [3.05, 3.63) is 91.5 Å². The van der Waals surface area contributed by atoms with Gasteiger partial charge in [0.25, 0.3) is 17.2 Å². The molecule has 2 aromatic heterocycles. The number of hydrazone groups is 1. The van der Waals surface area contributed by atoms with E-state index < -0.39 is 16.4 Å². The molecule has 0 saturated heterocycles. The number of benzene rings is 1. The van der Waals surface area contributed by atoms with Gasteiger partial charge in [-0.25, -0.2) is 10.4 Å². The number of aromatic nitrogens is 2. The van der Waals surface area contributed by atoms with E-state index in [1.165, 1.54) is 30.0 Å². The normalized spacial score (nSPS) is 10.7. The summed E-state index contributed by atoms with van der Waals surface area (Å²) in [6.07, 6.45) is 2.51. The Labute approximate surface area is 199 Å². The highest BCUT2D eigenvalue weighted by Crippen LogP contribution is 2.21. The van der Waals surface area contributed by atoms with Crippen LogP contribution in [-0.2, 0) is 22.7 Å². The van der Waals surface area contributed by atoms with Crippen molar-refractivity contribution in [2.45, 2.75) is 20.1 Å². The summed E-state index contributed by atoms with van der Waals surface area (Å²) in [5.41, 5.74) is 3.19. The molecule has 0 spiro atoms. The number of nitrogens with zero attached hydrogens (tertiary/aromatic N) is 5. The lowest BCUT2D eigenvalue weighted by molar-refractivity contribution is -0.385. The van der Waals surface area contributed by atoms with Gasteiger partial charge in [0.15, 0.2) is 0 Å². The maximum Gasteiger partial charge on any atom is 0.287 e. The Bertz CT molecular complexity index is 1360. The van der Waals surface area contributed by atoms with Crippen LogP contribution in [-0.4, -0.2) is 33.7 Å². The number of pyridine rings is 2. The van der Waals surface area contributed by atoms with E-state index in [0.717, 1.165) is 6.20 Å². The van der Waals surface area contributed by atoms with Gasteiger partial charge in [-0.05, 0) is 42.8 Å². The molecule has 178 valence electrons. The van der Waals surface area contributed by atoms with Gasteiger partial charge >= 0.3 is 0 Å². The summed E-state index contributed by atoms with van der Waals surface area (Å²) in [6, 6.07) is 12.8. The highest BCUT2D eigenvalue weighted by atomic mass is 16.6. The van der Waals surface area contributed by atoms with Crippen LogP contribution in [0.4, 0.5) is 5.69 Å². The van der Waals surface area contributed by atoms with E-state index >= 15 is 0 Å². The van der Waals surface area contributed by atoms with Crippen LogP contribution in [0, 0.1) is 28.4 Å². The number of amides is 1. The first-order valence-electron chi connectivity index (χ1n) is 10.1. The fourth-order valence-corrected chi connectivity index (χ4v) is 3.06. The predicted molar refractivity (Wildman–Crippen MR) is 124 cm³/mol. The molecule has 0 atom stereocenters. The second-order valence-electron chi connectivity index (χ2n) is 7.20. The molecule has 0 unspecified atom stereocenters. The Hall–Kier alpha value is -4.89. The first-order chi connectivity index (χ1) is 16.8. The van der Waals surface area contributed by atoms with E-state index in [0.29, 0.717) is 22.6 Å². The van der Waals surface area contributed by atoms with E-state index in [1.54, 1.807) is 37.3 Å². The lowest BCUT2D eigenvalue weighted by atomic mass is 10.1. The third kappa shape index (κ3) is 6.34. The van der Waals surface area contributed by atoms with Gasteiger partial charge < -0.3 is 14.0 Å². The third-order valence-corrected chi connectivity index (χ3v) is 4.74. The number of nitrogens with one attached hydrogen (secondary N) is 1. The van der Waals surface area contributed by atoms with Crippen molar-refractivity contribution in [3.8, 4) is 17.7 Å². The second-order valence-corrected chi connectivity index (χ2v) is 7.20. The lowest BCUT2D eigenvalue weighted by Crippen LogP contribution is -2.33. The molecular weight excluding hydrogens is 456 g/mol. The number of nitro groups is 1. The Balaban J connectivity index is 1.60. The minimum atomic E-state index is -0.572. The number of methoxy groups -OCH3 is 1. The van der Waals surface area contributed by atoms with Crippen molar-refractivity contribution in [2.75, 3.05) is 7.11 Å². The largest absolute Gasteiger partial charge is 0.439 e. The highest BCUT2D eigenvalue weighted by Gasteiger charge is 2.14. The molecule has 0 aliphatic carbocycles. The maximum absolute atomic E-state index is 12.6. The Kier molecular flexibility index (Phi) is 7.99. The Morgan fingerprint density at radius 2 is 2.06 bits per heavy atom. The van der Waals surface area contributed by atoms with E-state index in [9.17, 15) is 25.0 Å². The first-order valence-corrected chi connectivity index (χ1v) is 10.1. The molecule has 0 aliphatic rings. The minimum absolute atomic E-state index is 0.0695. The standard InChI is InChI=1S/C23H20N6O6/c1-15-9-17(14-34-2)20(10-24)23(31)28(15)13-21(30)27-26-11-16-3-6-19(7-4-16)35-22-8-5-18(12-25-22)29(32)33/h3-9,11-12H,13-14H2,1-2H3,(H,27,30)/b26-11+. The van der Waals surface area contributed by atoms with Gasteiger partial charge in [0, 0.05) is 30.5 Å². The van der Waals surface area contributed by atoms with Crippen LogP contribution in [0.15, 0.2) is 58.6 Å². The summed E-state index contributed by atoms with van der Waals surface area (Å²) in [4.78, 5) is 38.9. The van der Waals surface area contributed by atoms with Crippen LogP contribution in [0.5, 0.6) is 11.6 Å². The highest BCUT2D eigenvalue weighted by molar-refractivity contribution is 5.82. The van der Waals surface area contributed by atoms with Crippen molar-refractivity contribution < 1.29 is 19.2 Å². The van der Waals surface area contributed by atoms with Gasteiger partial charge in [0.2, 0.25) is 5.88 Å². The molecule has 0 aliphatic heterocycles. The van der Waals surface area contributed by atoms with Crippen molar-refractivity contribution in [2.24, 2.45) is 5.10 Å². The van der Waals surface area contributed by atoms with Gasteiger partial charge in [-0.3, -0.25) is 19.7 Å². The summed E-state index contributed by atoms with van der Waals surface area (Å²) in [6.45, 7) is 1.47. The summed E-state index contributed by atoms with van der Waals surface area (Å²) in [7, 11) is 1.46. The Morgan fingerprint density at radius 1 is 1.31 bits per heavy atom. The van der Waals surface area contributed by atoms with Crippen molar-refractivity contribution in [1.29, 1.82) is 5.26 Å². The first kappa shape index (κ1) is 24.7. The van der Waals surface area contributed by atoms with Crippen LogP contribution in [0.25, 0.3) is 0 Å². The summed E-state index contributed by atoms with van der Waals surface area (Å²) in [5, 5.41) is 23.9. The summed E-state index contributed by atoms with van der Waals surface area (Å²) < 4.78 is 11.7. The zero-order valence-electron chi connectivity index (χ0n) is 18.8. The molecule has 0 bridgehead atoms. The molecule has 12 nitrogen and oxygen atoms in total. The smallest absolute Gasteiger partial charge is 0.287 e. The number of carbonyl (C=O) groups is 1. The molecule has 35 heavy (non-hydrogen) atoms. The van der Waals surface area contributed by atoms with Gasteiger partial charge in [0.05, 0.1) is 17.7 Å². The monoisotopic (exact) mass is 476 g/mol. The molecule has 1 amide bonds. The molecule has 1 aromatic carbocycles. The van der Waals surface area contributed by atoms with Crippen LogP contribution in [0.1, 0.15) is 22.4 Å². The fraction of sp³-hybridized carbons (Fsp3) is 0.174. The Morgan fingerprint density at radius 3 is 2.66 bits per heavy atom. The number of nitriles is 1. The molecule has 1 N–H and O–H groups in total. The van der Waals surface area contributed by atoms with E-state index in [-0.39, 0.29) is 30.3 Å². The van der Waals surface area contributed by atoms with Crippen LogP contribution in [0.2, 0.25) is 0 Å².